The summed E-state index contributed by atoms with van der Waals surface area (Å²) >= 11 is 0. The van der Waals surface area contributed by atoms with E-state index in [0.717, 1.165) is 0 Å². The van der Waals surface area contributed by atoms with Gasteiger partial charge in [-0.05, 0) is 25.5 Å². The zero-order valence-corrected chi connectivity index (χ0v) is 13.3. The summed E-state index contributed by atoms with van der Waals surface area (Å²) in [6, 6.07) is 7.30. The molecule has 1 amide bonds. The third-order valence-corrected chi connectivity index (χ3v) is 4.11. The first kappa shape index (κ1) is 15.7. The second-order valence-corrected chi connectivity index (χ2v) is 5.88. The third-order valence-electron chi connectivity index (χ3n) is 4.11. The van der Waals surface area contributed by atoms with E-state index in [9.17, 15) is 9.59 Å². The van der Waals surface area contributed by atoms with Crippen LogP contribution in [-0.2, 0) is 16.1 Å². The van der Waals surface area contributed by atoms with Gasteiger partial charge in [0.1, 0.15) is 0 Å². The van der Waals surface area contributed by atoms with E-state index >= 15 is 0 Å². The van der Waals surface area contributed by atoms with Crippen molar-refractivity contribution in [2.45, 2.75) is 32.4 Å². The Kier molecular flexibility index (Phi) is 4.71. The number of aryl methyl sites for hydroxylation is 1. The van der Waals surface area contributed by atoms with Crippen molar-refractivity contribution >= 4 is 16.8 Å². The molecule has 0 radical (unpaired) electrons. The number of aromatic nitrogens is 2. The van der Waals surface area contributed by atoms with E-state index in [1.807, 2.05) is 30.0 Å². The number of benzene rings is 1. The largest absolute Gasteiger partial charge is 0.375 e. The summed E-state index contributed by atoms with van der Waals surface area (Å²) in [6.45, 7) is 4.37. The number of para-hydroxylation sites is 1. The Balaban J connectivity index is 1.59. The second kappa shape index (κ2) is 6.91. The molecule has 0 spiro atoms. The lowest BCUT2D eigenvalue weighted by Gasteiger charge is -2.31. The first-order chi connectivity index (χ1) is 11.1. The number of carbonyl (C=O) groups excluding carboxylic acids is 1. The van der Waals surface area contributed by atoms with Crippen LogP contribution in [0.5, 0.6) is 0 Å². The monoisotopic (exact) mass is 315 g/mol. The Morgan fingerprint density at radius 1 is 1.39 bits per heavy atom. The normalized spacial score (nSPS) is 18.3. The lowest BCUT2D eigenvalue weighted by molar-refractivity contribution is -0.138. The van der Waals surface area contributed by atoms with Gasteiger partial charge in [0, 0.05) is 26.1 Å². The summed E-state index contributed by atoms with van der Waals surface area (Å²) in [6.07, 6.45) is 2.72. The Morgan fingerprint density at radius 3 is 3.04 bits per heavy atom. The number of rotatable bonds is 4. The van der Waals surface area contributed by atoms with Crippen molar-refractivity contribution in [3.05, 3.63) is 40.9 Å². The maximum Gasteiger partial charge on any atom is 0.261 e. The summed E-state index contributed by atoms with van der Waals surface area (Å²) in [4.78, 5) is 30.7. The van der Waals surface area contributed by atoms with Crippen LogP contribution in [0.3, 0.4) is 0 Å². The quantitative estimate of drug-likeness (QED) is 0.856. The van der Waals surface area contributed by atoms with Crippen LogP contribution in [-0.4, -0.2) is 46.2 Å². The number of nitrogens with zero attached hydrogens (tertiary/aromatic N) is 3. The Morgan fingerprint density at radius 2 is 2.22 bits per heavy atom. The van der Waals surface area contributed by atoms with E-state index in [1.165, 1.54) is 0 Å². The van der Waals surface area contributed by atoms with Crippen LogP contribution in [0.25, 0.3) is 10.9 Å². The molecule has 0 saturated carbocycles. The highest BCUT2D eigenvalue weighted by atomic mass is 16.5. The van der Waals surface area contributed by atoms with Gasteiger partial charge in [-0.1, -0.05) is 12.1 Å². The van der Waals surface area contributed by atoms with E-state index in [1.54, 1.807) is 17.0 Å². The minimum Gasteiger partial charge on any atom is -0.375 e. The van der Waals surface area contributed by atoms with Crippen molar-refractivity contribution in [3.63, 3.8) is 0 Å². The lowest BCUT2D eigenvalue weighted by Crippen LogP contribution is -2.44. The van der Waals surface area contributed by atoms with Gasteiger partial charge in [-0.15, -0.1) is 0 Å². The number of hydrogen-bond donors (Lipinski definition) is 0. The van der Waals surface area contributed by atoms with Gasteiger partial charge in [0.05, 0.1) is 29.9 Å². The molecule has 1 aromatic carbocycles. The summed E-state index contributed by atoms with van der Waals surface area (Å²) in [5.74, 6) is 0.127. The van der Waals surface area contributed by atoms with Crippen LogP contribution < -0.4 is 5.56 Å². The van der Waals surface area contributed by atoms with Gasteiger partial charge in [0.15, 0.2) is 0 Å². The average molecular weight is 315 g/mol. The predicted octanol–water partition coefficient (Wildman–Crippen LogP) is 1.42. The molecule has 0 aliphatic carbocycles. The minimum atomic E-state index is -0.0527. The van der Waals surface area contributed by atoms with E-state index in [0.29, 0.717) is 50.0 Å². The highest BCUT2D eigenvalue weighted by Gasteiger charge is 2.20. The van der Waals surface area contributed by atoms with E-state index in [2.05, 4.69) is 4.98 Å². The fraction of sp³-hybridized carbons (Fsp3) is 0.471. The molecule has 6 nitrogen and oxygen atoms in total. The zero-order chi connectivity index (χ0) is 16.2. The van der Waals surface area contributed by atoms with Gasteiger partial charge in [-0.3, -0.25) is 14.2 Å². The molecule has 1 fully saturated rings. The Bertz CT molecular complexity index is 756. The lowest BCUT2D eigenvalue weighted by atomic mass is 10.2. The number of carbonyl (C=O) groups is 1. The topological polar surface area (TPSA) is 64.4 Å². The van der Waals surface area contributed by atoms with Gasteiger partial charge in [0.2, 0.25) is 5.91 Å². The van der Waals surface area contributed by atoms with Crippen LogP contribution in [0.4, 0.5) is 0 Å². The fourth-order valence-electron chi connectivity index (χ4n) is 2.87. The van der Waals surface area contributed by atoms with Gasteiger partial charge >= 0.3 is 0 Å². The van der Waals surface area contributed by atoms with Gasteiger partial charge in [0.25, 0.3) is 5.56 Å². The molecule has 1 aliphatic rings. The Hall–Kier alpha value is -2.21. The molecule has 2 heterocycles. The smallest absolute Gasteiger partial charge is 0.261 e. The van der Waals surface area contributed by atoms with Crippen LogP contribution in [0.15, 0.2) is 35.4 Å². The zero-order valence-electron chi connectivity index (χ0n) is 13.3. The fourth-order valence-corrected chi connectivity index (χ4v) is 2.87. The van der Waals surface area contributed by atoms with Crippen molar-refractivity contribution in [1.82, 2.24) is 14.5 Å². The molecule has 23 heavy (non-hydrogen) atoms. The summed E-state index contributed by atoms with van der Waals surface area (Å²) < 4.78 is 7.02. The van der Waals surface area contributed by atoms with Gasteiger partial charge < -0.3 is 9.64 Å². The van der Waals surface area contributed by atoms with Crippen molar-refractivity contribution < 1.29 is 9.53 Å². The summed E-state index contributed by atoms with van der Waals surface area (Å²) in [5, 5.41) is 0.614. The number of amides is 1. The predicted molar refractivity (Wildman–Crippen MR) is 87.2 cm³/mol. The molecule has 0 bridgehead atoms. The van der Waals surface area contributed by atoms with E-state index in [-0.39, 0.29) is 17.6 Å². The van der Waals surface area contributed by atoms with E-state index in [4.69, 9.17) is 4.74 Å². The third kappa shape index (κ3) is 3.59. The second-order valence-electron chi connectivity index (χ2n) is 5.88. The highest BCUT2D eigenvalue weighted by molar-refractivity contribution is 5.77. The molecule has 0 unspecified atom stereocenters. The van der Waals surface area contributed by atoms with Crippen LogP contribution in [0.2, 0.25) is 0 Å². The number of ether oxygens (including phenoxy) is 1. The summed E-state index contributed by atoms with van der Waals surface area (Å²) in [7, 11) is 0. The maximum absolute atomic E-state index is 12.4. The summed E-state index contributed by atoms with van der Waals surface area (Å²) in [5.41, 5.74) is 0.648. The average Bonchev–Trinajstić information content (AvgIpc) is 2.57. The number of morpholine rings is 1. The molecule has 0 N–H and O–H groups in total. The molecule has 1 atom stereocenters. The van der Waals surface area contributed by atoms with Gasteiger partial charge in [-0.2, -0.15) is 0 Å². The molecule has 3 rings (SSSR count). The first-order valence-electron chi connectivity index (χ1n) is 7.99. The first-order valence-corrected chi connectivity index (χ1v) is 7.99. The van der Waals surface area contributed by atoms with Crippen LogP contribution in [0.1, 0.15) is 19.8 Å². The molecule has 6 heteroatoms. The number of hydrogen-bond acceptors (Lipinski definition) is 4. The van der Waals surface area contributed by atoms with Crippen LogP contribution in [0, 0.1) is 0 Å². The number of fused-ring (bicyclic) bond motifs is 1. The molecular weight excluding hydrogens is 294 g/mol. The van der Waals surface area contributed by atoms with Crippen molar-refractivity contribution in [3.8, 4) is 0 Å². The highest BCUT2D eigenvalue weighted by Crippen LogP contribution is 2.08. The standard InChI is InChI=1S/C17H21N3O3/c1-13-11-19(9-10-23-13)16(21)7-4-8-20-12-18-15-6-3-2-5-14(15)17(20)22/h2-3,5-6,12-13H,4,7-11H2,1H3/t13-/m0/s1. The van der Waals surface area contributed by atoms with Crippen molar-refractivity contribution in [2.75, 3.05) is 19.7 Å². The van der Waals surface area contributed by atoms with Gasteiger partial charge in [-0.25, -0.2) is 4.98 Å². The molecule has 122 valence electrons. The van der Waals surface area contributed by atoms with Crippen molar-refractivity contribution in [1.29, 1.82) is 0 Å². The molecule has 1 aromatic heterocycles. The van der Waals surface area contributed by atoms with Crippen molar-refractivity contribution in [2.24, 2.45) is 0 Å². The SMILES string of the molecule is C[C@H]1CN(C(=O)CCCn2cnc3ccccc3c2=O)CCO1. The van der Waals surface area contributed by atoms with Crippen LogP contribution >= 0.6 is 0 Å². The molecule has 1 aliphatic heterocycles. The minimum absolute atomic E-state index is 0.0527. The molecular formula is C17H21N3O3. The maximum atomic E-state index is 12.4. The Labute approximate surface area is 134 Å². The molecule has 1 saturated heterocycles. The van der Waals surface area contributed by atoms with E-state index < -0.39 is 0 Å². The molecule has 2 aromatic rings.